The molecule has 0 bridgehead atoms. The van der Waals surface area contributed by atoms with Gasteiger partial charge in [-0.15, -0.1) is 0 Å². The molecule has 1 aromatic rings. The van der Waals surface area contributed by atoms with Gasteiger partial charge in [-0.25, -0.2) is 0 Å². The van der Waals surface area contributed by atoms with E-state index in [4.69, 9.17) is 4.74 Å². The fourth-order valence-electron chi connectivity index (χ4n) is 1.92. The fourth-order valence-corrected chi connectivity index (χ4v) is 1.92. The largest absolute Gasteiger partial charge is 0.362 e. The van der Waals surface area contributed by atoms with Crippen LogP contribution >= 0.6 is 0 Å². The summed E-state index contributed by atoms with van der Waals surface area (Å²) in [4.78, 5) is 13.4. The maximum atomic E-state index is 11.6. The Kier molecular flexibility index (Phi) is 3.02. The summed E-state index contributed by atoms with van der Waals surface area (Å²) < 4.78 is 5.27. The van der Waals surface area contributed by atoms with Crippen molar-refractivity contribution in [2.24, 2.45) is 0 Å². The zero-order chi connectivity index (χ0) is 10.7. The van der Waals surface area contributed by atoms with E-state index in [1.807, 2.05) is 30.3 Å². The number of hydrogen-bond acceptors (Lipinski definition) is 2. The minimum absolute atomic E-state index is 0.0438. The first-order valence-electron chi connectivity index (χ1n) is 5.17. The Balaban J connectivity index is 2.07. The molecule has 1 aromatic carbocycles. The summed E-state index contributed by atoms with van der Waals surface area (Å²) in [5, 5.41) is 0. The van der Waals surface area contributed by atoms with Crippen LogP contribution in [0, 0.1) is 0 Å². The third kappa shape index (κ3) is 2.18. The maximum absolute atomic E-state index is 11.6. The molecule has 1 heterocycles. The molecule has 80 valence electrons. The lowest BCUT2D eigenvalue weighted by atomic mass is 10.2. The number of ether oxygens (including phenoxy) is 1. The summed E-state index contributed by atoms with van der Waals surface area (Å²) in [7, 11) is 1.65. The third-order valence-corrected chi connectivity index (χ3v) is 2.74. The van der Waals surface area contributed by atoms with Gasteiger partial charge >= 0.3 is 0 Å². The predicted octanol–water partition coefficient (Wildman–Crippen LogP) is 1.78. The fraction of sp³-hybridized carbons (Fsp3) is 0.417. The SMILES string of the molecule is CO[C@H]1CCC(=O)N1Cc1ccccc1. The summed E-state index contributed by atoms with van der Waals surface area (Å²) in [6.07, 6.45) is 1.37. The number of hydrogen-bond donors (Lipinski definition) is 0. The number of carbonyl (C=O) groups excluding carboxylic acids is 1. The molecule has 1 aliphatic heterocycles. The molecule has 3 heteroatoms. The van der Waals surface area contributed by atoms with Gasteiger partial charge in [-0.2, -0.15) is 0 Å². The van der Waals surface area contributed by atoms with Crippen LogP contribution in [0.4, 0.5) is 0 Å². The lowest BCUT2D eigenvalue weighted by Crippen LogP contribution is -2.33. The van der Waals surface area contributed by atoms with Crippen LogP contribution in [0.25, 0.3) is 0 Å². The van der Waals surface area contributed by atoms with Gasteiger partial charge in [0.25, 0.3) is 0 Å². The van der Waals surface area contributed by atoms with E-state index in [0.717, 1.165) is 12.0 Å². The van der Waals surface area contributed by atoms with E-state index in [1.54, 1.807) is 12.0 Å². The van der Waals surface area contributed by atoms with E-state index in [-0.39, 0.29) is 12.1 Å². The van der Waals surface area contributed by atoms with E-state index < -0.39 is 0 Å². The molecular formula is C12H15NO2. The summed E-state index contributed by atoms with van der Waals surface area (Å²) in [6.45, 7) is 0.651. The first-order valence-corrected chi connectivity index (χ1v) is 5.17. The molecule has 1 atom stereocenters. The Morgan fingerprint density at radius 2 is 2.13 bits per heavy atom. The highest BCUT2D eigenvalue weighted by Gasteiger charge is 2.30. The van der Waals surface area contributed by atoms with Crippen LogP contribution in [-0.2, 0) is 16.1 Å². The average molecular weight is 205 g/mol. The second kappa shape index (κ2) is 4.45. The van der Waals surface area contributed by atoms with E-state index in [9.17, 15) is 4.79 Å². The third-order valence-electron chi connectivity index (χ3n) is 2.74. The highest BCUT2D eigenvalue weighted by Crippen LogP contribution is 2.21. The Morgan fingerprint density at radius 1 is 1.40 bits per heavy atom. The van der Waals surface area contributed by atoms with E-state index in [2.05, 4.69) is 0 Å². The minimum atomic E-state index is -0.0438. The van der Waals surface area contributed by atoms with Crippen molar-refractivity contribution < 1.29 is 9.53 Å². The van der Waals surface area contributed by atoms with Crippen molar-refractivity contribution in [3.8, 4) is 0 Å². The van der Waals surface area contributed by atoms with Crippen LogP contribution in [0.3, 0.4) is 0 Å². The molecule has 1 saturated heterocycles. The summed E-state index contributed by atoms with van der Waals surface area (Å²) in [6, 6.07) is 10.00. The lowest BCUT2D eigenvalue weighted by Gasteiger charge is -2.23. The number of rotatable bonds is 3. The first kappa shape index (κ1) is 10.2. The van der Waals surface area contributed by atoms with Crippen LogP contribution in [0.15, 0.2) is 30.3 Å². The summed E-state index contributed by atoms with van der Waals surface area (Å²) >= 11 is 0. The molecule has 0 aromatic heterocycles. The van der Waals surface area contributed by atoms with Crippen molar-refractivity contribution in [2.45, 2.75) is 25.6 Å². The van der Waals surface area contributed by atoms with Crippen LogP contribution in [0.5, 0.6) is 0 Å². The topological polar surface area (TPSA) is 29.5 Å². The molecular weight excluding hydrogens is 190 g/mol. The van der Waals surface area contributed by atoms with Crippen molar-refractivity contribution in [1.29, 1.82) is 0 Å². The molecule has 0 radical (unpaired) electrons. The number of benzene rings is 1. The number of nitrogens with zero attached hydrogens (tertiary/aromatic N) is 1. The zero-order valence-corrected chi connectivity index (χ0v) is 8.85. The molecule has 1 amide bonds. The second-order valence-electron chi connectivity index (χ2n) is 3.74. The molecule has 0 unspecified atom stereocenters. The van der Waals surface area contributed by atoms with Gasteiger partial charge < -0.3 is 9.64 Å². The predicted molar refractivity (Wildman–Crippen MR) is 57.0 cm³/mol. The van der Waals surface area contributed by atoms with Crippen LogP contribution < -0.4 is 0 Å². The van der Waals surface area contributed by atoms with Gasteiger partial charge in [0.05, 0.1) is 0 Å². The monoisotopic (exact) mass is 205 g/mol. The van der Waals surface area contributed by atoms with Crippen molar-refractivity contribution in [2.75, 3.05) is 7.11 Å². The van der Waals surface area contributed by atoms with Gasteiger partial charge in [-0.05, 0) is 5.56 Å². The molecule has 1 aliphatic rings. The van der Waals surface area contributed by atoms with Crippen molar-refractivity contribution in [3.05, 3.63) is 35.9 Å². The minimum Gasteiger partial charge on any atom is -0.362 e. The van der Waals surface area contributed by atoms with E-state index in [1.165, 1.54) is 0 Å². The summed E-state index contributed by atoms with van der Waals surface area (Å²) in [5.74, 6) is 0.186. The zero-order valence-electron chi connectivity index (χ0n) is 8.85. The molecule has 3 nitrogen and oxygen atoms in total. The smallest absolute Gasteiger partial charge is 0.225 e. The lowest BCUT2D eigenvalue weighted by molar-refractivity contribution is -0.135. The highest BCUT2D eigenvalue weighted by atomic mass is 16.5. The highest BCUT2D eigenvalue weighted by molar-refractivity contribution is 5.78. The molecule has 0 N–H and O–H groups in total. The van der Waals surface area contributed by atoms with Crippen LogP contribution in [0.2, 0.25) is 0 Å². The molecule has 1 fully saturated rings. The van der Waals surface area contributed by atoms with Gasteiger partial charge in [0.2, 0.25) is 5.91 Å². The normalized spacial score (nSPS) is 21.0. The Hall–Kier alpha value is -1.35. The number of likely N-dealkylation sites (tertiary alicyclic amines) is 1. The number of carbonyl (C=O) groups is 1. The maximum Gasteiger partial charge on any atom is 0.225 e. The standard InChI is InChI=1S/C12H15NO2/c1-15-12-8-7-11(14)13(12)9-10-5-3-2-4-6-10/h2-6,12H,7-9H2,1H3/t12-/m0/s1. The molecule has 2 rings (SSSR count). The number of methoxy groups -OCH3 is 1. The quantitative estimate of drug-likeness (QED) is 0.752. The van der Waals surface area contributed by atoms with Crippen molar-refractivity contribution >= 4 is 5.91 Å². The Bertz CT molecular complexity index is 337. The van der Waals surface area contributed by atoms with Crippen LogP contribution in [0.1, 0.15) is 18.4 Å². The van der Waals surface area contributed by atoms with Crippen molar-refractivity contribution in [3.63, 3.8) is 0 Å². The molecule has 15 heavy (non-hydrogen) atoms. The van der Waals surface area contributed by atoms with Crippen molar-refractivity contribution in [1.82, 2.24) is 4.90 Å². The molecule has 0 saturated carbocycles. The van der Waals surface area contributed by atoms with Gasteiger partial charge in [0.15, 0.2) is 0 Å². The Labute approximate surface area is 89.7 Å². The van der Waals surface area contributed by atoms with E-state index >= 15 is 0 Å². The van der Waals surface area contributed by atoms with Gasteiger partial charge in [-0.1, -0.05) is 30.3 Å². The number of amides is 1. The van der Waals surface area contributed by atoms with Gasteiger partial charge in [0, 0.05) is 26.5 Å². The first-order chi connectivity index (χ1) is 7.31. The van der Waals surface area contributed by atoms with Gasteiger partial charge in [-0.3, -0.25) is 4.79 Å². The molecule has 0 spiro atoms. The molecule has 0 aliphatic carbocycles. The van der Waals surface area contributed by atoms with E-state index in [0.29, 0.717) is 13.0 Å². The summed E-state index contributed by atoms with van der Waals surface area (Å²) in [5.41, 5.74) is 1.15. The second-order valence-corrected chi connectivity index (χ2v) is 3.74. The average Bonchev–Trinajstić information content (AvgIpc) is 2.62. The Morgan fingerprint density at radius 3 is 2.80 bits per heavy atom. The van der Waals surface area contributed by atoms with Gasteiger partial charge in [0.1, 0.15) is 6.23 Å². The van der Waals surface area contributed by atoms with Crippen LogP contribution in [-0.4, -0.2) is 24.1 Å².